The van der Waals surface area contributed by atoms with E-state index in [1.165, 1.54) is 23.8 Å². The number of fused-ring (bicyclic) bond motifs is 2. The summed E-state index contributed by atoms with van der Waals surface area (Å²) in [4.78, 5) is 19.0. The Labute approximate surface area is 236 Å². The van der Waals surface area contributed by atoms with E-state index >= 15 is 0 Å². The van der Waals surface area contributed by atoms with Crippen LogP contribution in [-0.4, -0.2) is 64.8 Å². The van der Waals surface area contributed by atoms with Gasteiger partial charge in [-0.1, -0.05) is 24.3 Å². The van der Waals surface area contributed by atoms with Crippen molar-refractivity contribution in [2.75, 3.05) is 13.1 Å². The molecule has 40 heavy (non-hydrogen) atoms. The van der Waals surface area contributed by atoms with E-state index in [9.17, 15) is 15.0 Å². The zero-order chi connectivity index (χ0) is 27.5. The molecule has 1 saturated heterocycles. The molecule has 3 aromatic rings. The summed E-state index contributed by atoms with van der Waals surface area (Å²) in [6.45, 7) is 1.92. The Bertz CT molecular complexity index is 1440. The molecule has 1 aliphatic heterocycles. The summed E-state index contributed by atoms with van der Waals surface area (Å²) in [7, 11) is 5.73. The highest BCUT2D eigenvalue weighted by molar-refractivity contribution is 6.00. The minimum atomic E-state index is -0.967. The van der Waals surface area contributed by atoms with Gasteiger partial charge in [0, 0.05) is 53.1 Å². The number of likely N-dealkylation sites (tertiary alicyclic amines) is 1. The molecule has 7 nitrogen and oxygen atoms in total. The first-order chi connectivity index (χ1) is 19.4. The predicted octanol–water partition coefficient (Wildman–Crippen LogP) is 4.04. The van der Waals surface area contributed by atoms with Crippen LogP contribution in [0.1, 0.15) is 68.1 Å². The number of piperidine rings is 1. The maximum atomic E-state index is 13.1. The van der Waals surface area contributed by atoms with Gasteiger partial charge < -0.3 is 25.2 Å². The minimum absolute atomic E-state index is 0.000254. The second-order valence-corrected chi connectivity index (χ2v) is 12.7. The predicted molar refractivity (Wildman–Crippen MR) is 155 cm³/mol. The first-order valence-electron chi connectivity index (χ1n) is 14.9. The Kier molecular flexibility index (Phi) is 6.39. The maximum Gasteiger partial charge on any atom is 0.374 e. The summed E-state index contributed by atoms with van der Waals surface area (Å²) in [5.41, 5.74) is 2.68. The molecule has 2 aromatic carbocycles. The molecule has 0 unspecified atom stereocenters. The number of nitrogens with zero attached hydrogens (tertiary/aromatic N) is 1. The van der Waals surface area contributed by atoms with Crippen LogP contribution in [0.3, 0.4) is 0 Å². The number of aromatic amines is 1. The second-order valence-electron chi connectivity index (χ2n) is 12.7. The van der Waals surface area contributed by atoms with Gasteiger partial charge in [0.1, 0.15) is 5.75 Å². The molecule has 0 spiro atoms. The molecule has 3 fully saturated rings. The van der Waals surface area contributed by atoms with Crippen molar-refractivity contribution in [2.45, 2.75) is 87.3 Å². The zero-order valence-electron chi connectivity index (χ0n) is 23.0. The SMILES string of the molecule is [B]Oc1c(O)ccc2c1[C@]13CCN(CC4CC4)[C@H](C2)[C@]1(O)CC[C@H](NC(=O)CCCc1c[nH]c2ccccc12)C3. The standard InChI is InChI=1S/C32H38BN3O4/c33-40-30-26(37)11-10-21-16-27-32(39)13-12-23(17-31(32,29(21)30)14-15-36(27)19-20-8-9-20)35-28(38)7-3-4-22-18-34-25-6-2-1-5-24(22)25/h1-2,5-6,10-11,18,20,23,27,34,37,39H,3-4,7-9,12-17,19H2,(H,35,38)/t23-,27+,31+,32+/m0/s1. The minimum Gasteiger partial charge on any atom is -0.565 e. The lowest BCUT2D eigenvalue weighted by Gasteiger charge is -2.65. The third-order valence-corrected chi connectivity index (χ3v) is 10.4. The molecule has 1 amide bonds. The van der Waals surface area contributed by atoms with Gasteiger partial charge in [-0.3, -0.25) is 9.69 Å². The highest BCUT2D eigenvalue weighted by Crippen LogP contribution is 2.61. The highest BCUT2D eigenvalue weighted by Gasteiger charge is 2.65. The Hall–Kier alpha value is -2.97. The number of aliphatic hydroxyl groups is 1. The summed E-state index contributed by atoms with van der Waals surface area (Å²) in [5, 5.41) is 27.8. The van der Waals surface area contributed by atoms with Crippen LogP contribution in [0, 0.1) is 5.92 Å². The summed E-state index contributed by atoms with van der Waals surface area (Å²) in [6, 6.07) is 11.8. The molecule has 7 rings (SSSR count). The maximum absolute atomic E-state index is 13.1. The fourth-order valence-corrected chi connectivity index (χ4v) is 8.36. The van der Waals surface area contributed by atoms with Crippen molar-refractivity contribution in [3.05, 3.63) is 59.3 Å². The zero-order valence-corrected chi connectivity index (χ0v) is 23.0. The number of aryl methyl sites for hydroxylation is 1. The second kappa shape index (κ2) is 9.84. The molecule has 8 heteroatoms. The number of carbonyl (C=O) groups excluding carboxylic acids is 1. The fraction of sp³-hybridized carbons (Fsp3) is 0.531. The monoisotopic (exact) mass is 539 g/mol. The topological polar surface area (TPSA) is 97.8 Å². The van der Waals surface area contributed by atoms with Crippen LogP contribution in [0.4, 0.5) is 0 Å². The lowest BCUT2D eigenvalue weighted by molar-refractivity contribution is -0.172. The number of phenolic OH excluding ortho intramolecular Hbond substituents is 1. The van der Waals surface area contributed by atoms with Crippen LogP contribution in [0.2, 0.25) is 0 Å². The van der Waals surface area contributed by atoms with Crippen LogP contribution < -0.4 is 9.97 Å². The number of benzene rings is 2. The average Bonchev–Trinajstić information content (AvgIpc) is 3.68. The molecule has 4 atom stereocenters. The van der Waals surface area contributed by atoms with E-state index in [-0.39, 0.29) is 29.5 Å². The summed E-state index contributed by atoms with van der Waals surface area (Å²) in [6.07, 6.45) is 10.1. The Morgan fingerprint density at radius 2 is 2.02 bits per heavy atom. The molecule has 208 valence electrons. The van der Waals surface area contributed by atoms with Crippen LogP contribution >= 0.6 is 0 Å². The molecule has 1 aromatic heterocycles. The Morgan fingerprint density at radius 3 is 2.85 bits per heavy atom. The molecular formula is C32H38BN3O4. The summed E-state index contributed by atoms with van der Waals surface area (Å²) < 4.78 is 5.30. The number of hydrogen-bond acceptors (Lipinski definition) is 5. The van der Waals surface area contributed by atoms with Gasteiger partial charge >= 0.3 is 8.05 Å². The Balaban J connectivity index is 1.10. The average molecular weight is 539 g/mol. The molecule has 3 aliphatic carbocycles. The van der Waals surface area contributed by atoms with Gasteiger partial charge in [0.2, 0.25) is 5.91 Å². The van der Waals surface area contributed by atoms with E-state index < -0.39 is 11.0 Å². The molecule has 2 heterocycles. The van der Waals surface area contributed by atoms with Gasteiger partial charge in [-0.2, -0.15) is 0 Å². The van der Waals surface area contributed by atoms with Gasteiger partial charge in [-0.05, 0) is 93.5 Å². The van der Waals surface area contributed by atoms with Crippen LogP contribution in [0.5, 0.6) is 11.5 Å². The highest BCUT2D eigenvalue weighted by atomic mass is 16.4. The summed E-state index contributed by atoms with van der Waals surface area (Å²) >= 11 is 0. The van der Waals surface area contributed by atoms with E-state index in [1.54, 1.807) is 6.07 Å². The Morgan fingerprint density at radius 1 is 1.18 bits per heavy atom. The molecular weight excluding hydrogens is 501 g/mol. The van der Waals surface area contributed by atoms with Crippen LogP contribution in [-0.2, 0) is 23.1 Å². The van der Waals surface area contributed by atoms with Gasteiger partial charge in [-0.15, -0.1) is 0 Å². The number of H-pyrrole nitrogens is 1. The largest absolute Gasteiger partial charge is 0.565 e. The number of amides is 1. The van der Waals surface area contributed by atoms with E-state index in [0.717, 1.165) is 61.3 Å². The third-order valence-electron chi connectivity index (χ3n) is 10.4. The number of para-hydroxylation sites is 1. The van der Waals surface area contributed by atoms with Gasteiger partial charge in [0.05, 0.1) is 5.60 Å². The van der Waals surface area contributed by atoms with Crippen molar-refractivity contribution in [2.24, 2.45) is 5.92 Å². The smallest absolute Gasteiger partial charge is 0.374 e. The third kappa shape index (κ3) is 4.14. The lowest BCUT2D eigenvalue weighted by Crippen LogP contribution is -2.74. The first-order valence-corrected chi connectivity index (χ1v) is 14.9. The van der Waals surface area contributed by atoms with E-state index in [4.69, 9.17) is 12.7 Å². The normalized spacial score (nSPS) is 29.5. The van der Waals surface area contributed by atoms with Gasteiger partial charge in [-0.25, -0.2) is 0 Å². The number of hydrogen-bond donors (Lipinski definition) is 4. The van der Waals surface area contributed by atoms with Crippen molar-refractivity contribution in [3.63, 3.8) is 0 Å². The molecule has 4 N–H and O–H groups in total. The lowest BCUT2D eigenvalue weighted by atomic mass is 9.48. The number of carbonyl (C=O) groups is 1. The molecule has 2 radical (unpaired) electrons. The van der Waals surface area contributed by atoms with Crippen molar-refractivity contribution in [1.82, 2.24) is 15.2 Å². The molecule has 4 aliphatic rings. The number of nitrogens with one attached hydrogen (secondary N) is 2. The van der Waals surface area contributed by atoms with Crippen molar-refractivity contribution < 1.29 is 19.7 Å². The van der Waals surface area contributed by atoms with E-state index in [2.05, 4.69) is 27.3 Å². The van der Waals surface area contributed by atoms with E-state index in [0.29, 0.717) is 25.7 Å². The van der Waals surface area contributed by atoms with Crippen LogP contribution in [0.15, 0.2) is 42.6 Å². The van der Waals surface area contributed by atoms with Crippen molar-refractivity contribution in [1.29, 1.82) is 0 Å². The fourth-order valence-electron chi connectivity index (χ4n) is 8.36. The van der Waals surface area contributed by atoms with E-state index in [1.807, 2.05) is 24.4 Å². The van der Waals surface area contributed by atoms with Crippen molar-refractivity contribution >= 4 is 24.9 Å². The van der Waals surface area contributed by atoms with Crippen molar-refractivity contribution in [3.8, 4) is 11.5 Å². The number of rotatable bonds is 8. The summed E-state index contributed by atoms with van der Waals surface area (Å²) in [5.74, 6) is 1.06. The van der Waals surface area contributed by atoms with Gasteiger partial charge in [0.15, 0.2) is 5.75 Å². The number of phenols is 1. The van der Waals surface area contributed by atoms with Gasteiger partial charge in [0.25, 0.3) is 0 Å². The number of aromatic nitrogens is 1. The first kappa shape index (κ1) is 26.0. The van der Waals surface area contributed by atoms with Crippen LogP contribution in [0.25, 0.3) is 10.9 Å². The quantitative estimate of drug-likeness (QED) is 0.324. The molecule has 2 bridgehead atoms. The molecule has 2 saturated carbocycles. The number of aromatic hydroxyl groups is 1.